The van der Waals surface area contributed by atoms with Crippen LogP contribution in [0.4, 0.5) is 13.2 Å². The van der Waals surface area contributed by atoms with E-state index in [9.17, 15) is 18.0 Å². The van der Waals surface area contributed by atoms with Crippen molar-refractivity contribution < 1.29 is 22.7 Å². The second-order valence-corrected chi connectivity index (χ2v) is 7.96. The number of hydrogen-bond acceptors (Lipinski definition) is 3. The van der Waals surface area contributed by atoms with Gasteiger partial charge < -0.3 is 4.74 Å². The fourth-order valence-electron chi connectivity index (χ4n) is 3.70. The van der Waals surface area contributed by atoms with E-state index in [1.165, 1.54) is 12.1 Å². The number of alkyl halides is 3. The highest BCUT2D eigenvalue weighted by Crippen LogP contribution is 2.27. The van der Waals surface area contributed by atoms with E-state index in [1.807, 2.05) is 31.2 Å². The molecular formula is C25H20ClF3N2O2. The molecule has 170 valence electrons. The van der Waals surface area contributed by atoms with Crippen LogP contribution in [0.1, 0.15) is 35.1 Å². The summed E-state index contributed by atoms with van der Waals surface area (Å²) in [5.74, 6) is -0.256. The smallest absolute Gasteiger partial charge is 0.406 e. The highest BCUT2D eigenvalue weighted by Gasteiger charge is 2.31. The molecule has 0 radical (unpaired) electrons. The van der Waals surface area contributed by atoms with Gasteiger partial charge in [0, 0.05) is 23.7 Å². The van der Waals surface area contributed by atoms with Crippen LogP contribution in [0.25, 0.3) is 16.8 Å². The quantitative estimate of drug-likeness (QED) is 0.274. The van der Waals surface area contributed by atoms with E-state index in [4.69, 9.17) is 11.6 Å². The molecule has 0 aliphatic carbocycles. The molecule has 4 aromatic rings. The molecule has 2 aromatic heterocycles. The fraction of sp³-hybridized carbons (Fsp3) is 0.200. The number of aromatic nitrogens is 2. The molecular weight excluding hydrogens is 453 g/mol. The first-order valence-corrected chi connectivity index (χ1v) is 10.8. The number of rotatable bonds is 7. The van der Waals surface area contributed by atoms with Crippen molar-refractivity contribution in [1.82, 2.24) is 9.38 Å². The molecule has 0 atom stereocenters. The van der Waals surface area contributed by atoms with Gasteiger partial charge in [-0.25, -0.2) is 4.98 Å². The minimum atomic E-state index is -4.71. The Labute approximate surface area is 193 Å². The first-order valence-electron chi connectivity index (χ1n) is 10.4. The summed E-state index contributed by atoms with van der Waals surface area (Å²) in [6.07, 6.45) is -1.43. The Hall–Kier alpha value is -3.32. The zero-order valence-corrected chi connectivity index (χ0v) is 18.5. The van der Waals surface area contributed by atoms with Crippen molar-refractivity contribution in [2.24, 2.45) is 0 Å². The van der Waals surface area contributed by atoms with Gasteiger partial charge in [0.1, 0.15) is 17.1 Å². The van der Waals surface area contributed by atoms with Gasteiger partial charge in [0.05, 0.1) is 5.69 Å². The molecule has 0 aliphatic rings. The van der Waals surface area contributed by atoms with Crippen molar-refractivity contribution in [2.75, 3.05) is 0 Å². The van der Waals surface area contributed by atoms with E-state index < -0.39 is 6.36 Å². The van der Waals surface area contributed by atoms with Gasteiger partial charge in [-0.3, -0.25) is 9.20 Å². The van der Waals surface area contributed by atoms with Crippen LogP contribution in [0.3, 0.4) is 0 Å². The van der Waals surface area contributed by atoms with E-state index >= 15 is 0 Å². The van der Waals surface area contributed by atoms with E-state index in [2.05, 4.69) is 9.72 Å². The highest BCUT2D eigenvalue weighted by atomic mass is 35.5. The molecule has 0 spiro atoms. The van der Waals surface area contributed by atoms with Crippen LogP contribution < -0.4 is 4.74 Å². The number of Topliss-reactive ketones (excluding diaryl/α,β-unsaturated/α-hetero) is 1. The summed E-state index contributed by atoms with van der Waals surface area (Å²) < 4.78 is 42.6. The number of fused-ring (bicyclic) bond motifs is 1. The summed E-state index contributed by atoms with van der Waals surface area (Å²) in [6, 6.07) is 16.8. The zero-order chi connectivity index (χ0) is 23.6. The Morgan fingerprint density at radius 2 is 1.67 bits per heavy atom. The molecule has 0 unspecified atom stereocenters. The van der Waals surface area contributed by atoms with Gasteiger partial charge in [0.2, 0.25) is 0 Å². The number of hydrogen-bond donors (Lipinski definition) is 0. The molecule has 0 fully saturated rings. The largest absolute Gasteiger partial charge is 0.573 e. The summed E-state index contributed by atoms with van der Waals surface area (Å²) in [5, 5.41) is 0.566. The number of ketones is 1. The SMILES string of the molecule is CCc1nc2cc(Cl)ccn2c1C(=O)CCc1ccc(-c2ccc(OC(F)(F)F)cc2)cc1. The number of ether oxygens (including phenoxy) is 1. The van der Waals surface area contributed by atoms with Crippen LogP contribution in [-0.4, -0.2) is 21.5 Å². The third-order valence-corrected chi connectivity index (χ3v) is 5.51. The molecule has 33 heavy (non-hydrogen) atoms. The number of carbonyl (C=O) groups is 1. The van der Waals surface area contributed by atoms with Crippen molar-refractivity contribution >= 4 is 23.0 Å². The lowest BCUT2D eigenvalue weighted by Crippen LogP contribution is -2.16. The molecule has 0 amide bonds. The van der Waals surface area contributed by atoms with Crippen molar-refractivity contribution in [3.63, 3.8) is 0 Å². The second-order valence-electron chi connectivity index (χ2n) is 7.53. The minimum absolute atomic E-state index is 0.00556. The van der Waals surface area contributed by atoms with Crippen LogP contribution >= 0.6 is 11.6 Å². The molecule has 4 rings (SSSR count). The molecule has 0 saturated carbocycles. The third kappa shape index (κ3) is 5.37. The first kappa shape index (κ1) is 22.9. The van der Waals surface area contributed by atoms with Crippen LogP contribution in [0.5, 0.6) is 5.75 Å². The summed E-state index contributed by atoms with van der Waals surface area (Å²) in [4.78, 5) is 17.5. The maximum Gasteiger partial charge on any atom is 0.573 e. The highest BCUT2D eigenvalue weighted by molar-refractivity contribution is 6.30. The Morgan fingerprint density at radius 1 is 1.03 bits per heavy atom. The standard InChI is InChI=1S/C25H20ClF3N2O2/c1-2-21-24(31-14-13-19(26)15-23(31)30-21)22(32)12-5-16-3-6-17(7-4-16)18-8-10-20(11-9-18)33-25(27,28)29/h3-4,6-11,13-15H,2,5,12H2,1H3. The summed E-state index contributed by atoms with van der Waals surface area (Å²) in [6.45, 7) is 1.96. The van der Waals surface area contributed by atoms with Gasteiger partial charge in [0.25, 0.3) is 0 Å². The number of nitrogens with zero attached hydrogens (tertiary/aromatic N) is 2. The molecule has 0 saturated heterocycles. The molecule has 8 heteroatoms. The topological polar surface area (TPSA) is 43.6 Å². The predicted octanol–water partition coefficient (Wildman–Crippen LogP) is 6.93. The lowest BCUT2D eigenvalue weighted by Gasteiger charge is -2.10. The van der Waals surface area contributed by atoms with Crippen molar-refractivity contribution in [3.8, 4) is 16.9 Å². The number of benzene rings is 2. The minimum Gasteiger partial charge on any atom is -0.406 e. The lowest BCUT2D eigenvalue weighted by molar-refractivity contribution is -0.274. The van der Waals surface area contributed by atoms with Crippen LogP contribution in [0.15, 0.2) is 66.9 Å². The predicted molar refractivity (Wildman–Crippen MR) is 121 cm³/mol. The van der Waals surface area contributed by atoms with Gasteiger partial charge in [-0.1, -0.05) is 54.9 Å². The maximum atomic E-state index is 13.0. The molecule has 2 heterocycles. The van der Waals surface area contributed by atoms with Crippen molar-refractivity contribution in [3.05, 3.63) is 88.8 Å². The van der Waals surface area contributed by atoms with Gasteiger partial charge in [-0.2, -0.15) is 0 Å². The molecule has 4 nitrogen and oxygen atoms in total. The number of pyridine rings is 1. The molecule has 0 N–H and O–H groups in total. The molecule has 0 bridgehead atoms. The Morgan fingerprint density at radius 3 is 2.27 bits per heavy atom. The maximum absolute atomic E-state index is 13.0. The monoisotopic (exact) mass is 472 g/mol. The van der Waals surface area contributed by atoms with Crippen molar-refractivity contribution in [2.45, 2.75) is 32.5 Å². The molecule has 0 aliphatic heterocycles. The third-order valence-electron chi connectivity index (χ3n) is 5.28. The Bertz CT molecular complexity index is 1280. The summed E-state index contributed by atoms with van der Waals surface area (Å²) >= 11 is 6.04. The van der Waals surface area contributed by atoms with Crippen LogP contribution in [-0.2, 0) is 12.8 Å². The zero-order valence-electron chi connectivity index (χ0n) is 17.7. The first-order chi connectivity index (χ1) is 15.7. The number of aryl methyl sites for hydroxylation is 2. The second kappa shape index (κ2) is 9.27. The Balaban J connectivity index is 1.44. The van der Waals surface area contributed by atoms with Crippen LogP contribution in [0.2, 0.25) is 5.02 Å². The number of carbonyl (C=O) groups excluding carboxylic acids is 1. The van der Waals surface area contributed by atoms with Gasteiger partial charge in [0.15, 0.2) is 5.78 Å². The van der Waals surface area contributed by atoms with E-state index in [1.54, 1.807) is 34.9 Å². The van der Waals surface area contributed by atoms with Crippen molar-refractivity contribution in [1.29, 1.82) is 0 Å². The van der Waals surface area contributed by atoms with E-state index in [-0.39, 0.29) is 11.5 Å². The van der Waals surface area contributed by atoms with Gasteiger partial charge in [-0.05, 0) is 47.7 Å². The lowest BCUT2D eigenvalue weighted by atomic mass is 10.0. The summed E-state index contributed by atoms with van der Waals surface area (Å²) in [7, 11) is 0. The average molecular weight is 473 g/mol. The van der Waals surface area contributed by atoms with E-state index in [0.29, 0.717) is 35.6 Å². The summed E-state index contributed by atoms with van der Waals surface area (Å²) in [5.41, 5.74) is 4.59. The average Bonchev–Trinajstić information content (AvgIpc) is 3.15. The fourth-order valence-corrected chi connectivity index (χ4v) is 3.85. The van der Waals surface area contributed by atoms with Gasteiger partial charge in [-0.15, -0.1) is 13.2 Å². The Kier molecular flexibility index (Phi) is 6.42. The van der Waals surface area contributed by atoms with Crippen LogP contribution in [0, 0.1) is 0 Å². The van der Waals surface area contributed by atoms with E-state index in [0.717, 1.165) is 22.4 Å². The normalized spacial score (nSPS) is 11.7. The number of halogens is 4. The van der Waals surface area contributed by atoms with Gasteiger partial charge >= 0.3 is 6.36 Å². The number of imidazole rings is 1. The molecule has 2 aromatic carbocycles.